The van der Waals surface area contributed by atoms with E-state index in [9.17, 15) is 9.59 Å². The molecule has 0 unspecified atom stereocenters. The Labute approximate surface area is 104 Å². The quantitative estimate of drug-likeness (QED) is 0.840. The fourth-order valence-electron chi connectivity index (χ4n) is 1.28. The van der Waals surface area contributed by atoms with Gasteiger partial charge >= 0.3 is 5.97 Å². The summed E-state index contributed by atoms with van der Waals surface area (Å²) >= 11 is 1.09. The maximum Gasteiger partial charge on any atom is 0.346 e. The maximum absolute atomic E-state index is 11.5. The van der Waals surface area contributed by atoms with Gasteiger partial charge in [-0.3, -0.25) is 4.79 Å². The van der Waals surface area contributed by atoms with Crippen LogP contribution in [-0.2, 0) is 4.79 Å². The normalized spacial score (nSPS) is 10.6. The van der Waals surface area contributed by atoms with Gasteiger partial charge in [-0.1, -0.05) is 0 Å². The first kappa shape index (κ1) is 13.7. The van der Waals surface area contributed by atoms with Crippen molar-refractivity contribution < 1.29 is 14.7 Å². The number of nitrogens with one attached hydrogen (secondary N) is 1. The number of anilines is 1. The first-order valence-electron chi connectivity index (χ1n) is 5.18. The van der Waals surface area contributed by atoms with E-state index in [1.807, 2.05) is 19.0 Å². The number of aromatic carboxylic acids is 1. The highest BCUT2D eigenvalue weighted by molar-refractivity contribution is 7.18. The van der Waals surface area contributed by atoms with Crippen molar-refractivity contribution >= 4 is 28.2 Å². The second kappa shape index (κ2) is 5.79. The van der Waals surface area contributed by atoms with Crippen LogP contribution >= 0.6 is 11.3 Å². The largest absolute Gasteiger partial charge is 0.477 e. The molecular weight excluding hydrogens is 240 g/mol. The molecule has 0 bridgehead atoms. The molecule has 0 atom stereocenters. The van der Waals surface area contributed by atoms with Crippen LogP contribution in [0.2, 0.25) is 0 Å². The number of nitrogens with zero attached hydrogens (tertiary/aromatic N) is 1. The molecule has 94 valence electrons. The fourth-order valence-corrected chi connectivity index (χ4v) is 2.21. The summed E-state index contributed by atoms with van der Waals surface area (Å²) in [5, 5.41) is 12.2. The molecule has 1 aromatic heterocycles. The predicted molar refractivity (Wildman–Crippen MR) is 67.8 cm³/mol. The lowest BCUT2D eigenvalue weighted by Gasteiger charge is -2.08. The summed E-state index contributed by atoms with van der Waals surface area (Å²) in [5.74, 6) is -1.06. The molecular formula is C11H16N2O3S. The van der Waals surface area contributed by atoms with Crippen LogP contribution in [0.15, 0.2) is 6.07 Å². The van der Waals surface area contributed by atoms with E-state index < -0.39 is 5.97 Å². The van der Waals surface area contributed by atoms with Crippen LogP contribution in [0.4, 0.5) is 5.00 Å². The molecule has 2 N–H and O–H groups in total. The number of aryl methyl sites for hydroxylation is 1. The van der Waals surface area contributed by atoms with Crippen molar-refractivity contribution in [3.05, 3.63) is 16.5 Å². The van der Waals surface area contributed by atoms with Gasteiger partial charge in [0.05, 0.1) is 5.00 Å². The Morgan fingerprint density at radius 2 is 2.12 bits per heavy atom. The highest BCUT2D eigenvalue weighted by atomic mass is 32.1. The topological polar surface area (TPSA) is 69.6 Å². The number of carboxylic acid groups (broad SMARTS) is 1. The van der Waals surface area contributed by atoms with Crippen molar-refractivity contribution in [2.24, 2.45) is 0 Å². The smallest absolute Gasteiger partial charge is 0.346 e. The van der Waals surface area contributed by atoms with E-state index in [0.29, 0.717) is 23.5 Å². The third-order valence-electron chi connectivity index (χ3n) is 2.16. The molecule has 1 heterocycles. The van der Waals surface area contributed by atoms with Gasteiger partial charge in [-0.15, -0.1) is 11.3 Å². The Hall–Kier alpha value is -1.40. The summed E-state index contributed by atoms with van der Waals surface area (Å²) in [6.07, 6.45) is 0.395. The average molecular weight is 256 g/mol. The van der Waals surface area contributed by atoms with Gasteiger partial charge in [0.2, 0.25) is 5.91 Å². The highest BCUT2D eigenvalue weighted by Gasteiger charge is 2.13. The van der Waals surface area contributed by atoms with E-state index in [4.69, 9.17) is 5.11 Å². The van der Waals surface area contributed by atoms with Crippen LogP contribution in [0.1, 0.15) is 21.7 Å². The zero-order valence-corrected chi connectivity index (χ0v) is 10.9. The third-order valence-corrected chi connectivity index (χ3v) is 3.30. The minimum absolute atomic E-state index is 0.100. The van der Waals surface area contributed by atoms with Crippen molar-refractivity contribution in [3.63, 3.8) is 0 Å². The number of carboxylic acids is 1. The lowest BCUT2D eigenvalue weighted by Crippen LogP contribution is -2.20. The Morgan fingerprint density at radius 1 is 1.47 bits per heavy atom. The number of hydrogen-bond acceptors (Lipinski definition) is 4. The zero-order valence-electron chi connectivity index (χ0n) is 10.1. The van der Waals surface area contributed by atoms with E-state index in [1.54, 1.807) is 13.0 Å². The molecule has 0 aliphatic heterocycles. The molecule has 0 aromatic carbocycles. The molecule has 17 heavy (non-hydrogen) atoms. The van der Waals surface area contributed by atoms with Gasteiger partial charge in [-0.2, -0.15) is 0 Å². The first-order chi connectivity index (χ1) is 7.90. The molecule has 0 fully saturated rings. The number of carbonyl (C=O) groups is 2. The Bertz CT molecular complexity index is 426. The number of thiophene rings is 1. The van der Waals surface area contributed by atoms with Gasteiger partial charge in [0.25, 0.3) is 0 Å². The summed E-state index contributed by atoms with van der Waals surface area (Å²) < 4.78 is 0. The van der Waals surface area contributed by atoms with Gasteiger partial charge in [0.15, 0.2) is 0 Å². The monoisotopic (exact) mass is 256 g/mol. The van der Waals surface area contributed by atoms with Crippen molar-refractivity contribution in [2.75, 3.05) is 26.0 Å². The van der Waals surface area contributed by atoms with Crippen molar-refractivity contribution in [1.82, 2.24) is 4.90 Å². The standard InChI is InChI=1S/C11H16N2O3S/c1-7-6-9(17-10(7)11(15)16)12-8(14)4-5-13(2)3/h6H,4-5H2,1-3H3,(H,12,14)(H,15,16). The average Bonchev–Trinajstić information content (AvgIpc) is 2.56. The van der Waals surface area contributed by atoms with Crippen molar-refractivity contribution in [2.45, 2.75) is 13.3 Å². The molecule has 0 spiro atoms. The van der Waals surface area contributed by atoms with Crippen molar-refractivity contribution in [3.8, 4) is 0 Å². The van der Waals surface area contributed by atoms with E-state index in [0.717, 1.165) is 11.3 Å². The Morgan fingerprint density at radius 3 is 2.59 bits per heavy atom. The van der Waals surface area contributed by atoms with E-state index in [-0.39, 0.29) is 10.8 Å². The number of amides is 1. The van der Waals surface area contributed by atoms with E-state index in [1.165, 1.54) is 0 Å². The maximum atomic E-state index is 11.5. The fraction of sp³-hybridized carbons (Fsp3) is 0.455. The molecule has 0 saturated carbocycles. The number of rotatable bonds is 5. The van der Waals surface area contributed by atoms with Crippen LogP contribution in [0.25, 0.3) is 0 Å². The molecule has 1 amide bonds. The van der Waals surface area contributed by atoms with Crippen LogP contribution in [-0.4, -0.2) is 42.5 Å². The van der Waals surface area contributed by atoms with Gasteiger partial charge in [-0.25, -0.2) is 4.79 Å². The summed E-state index contributed by atoms with van der Waals surface area (Å²) in [4.78, 5) is 24.5. The predicted octanol–water partition coefficient (Wildman–Crippen LogP) is 1.64. The number of carbonyl (C=O) groups excluding carboxylic acids is 1. The Kier molecular flexibility index (Phi) is 4.65. The second-order valence-electron chi connectivity index (χ2n) is 4.03. The van der Waals surface area contributed by atoms with Crippen molar-refractivity contribution in [1.29, 1.82) is 0 Å². The SMILES string of the molecule is Cc1cc(NC(=O)CCN(C)C)sc1C(=O)O. The minimum Gasteiger partial charge on any atom is -0.477 e. The molecule has 1 rings (SSSR count). The summed E-state index contributed by atoms with van der Waals surface area (Å²) in [6.45, 7) is 2.39. The molecule has 0 radical (unpaired) electrons. The van der Waals surface area contributed by atoms with E-state index >= 15 is 0 Å². The molecule has 0 aliphatic rings. The summed E-state index contributed by atoms with van der Waals surface area (Å²) in [7, 11) is 3.79. The third kappa shape index (κ3) is 4.16. The van der Waals surface area contributed by atoms with Crippen LogP contribution in [0.3, 0.4) is 0 Å². The summed E-state index contributed by atoms with van der Waals surface area (Å²) in [6, 6.07) is 1.68. The van der Waals surface area contributed by atoms with E-state index in [2.05, 4.69) is 5.32 Å². The van der Waals surface area contributed by atoms with Crippen LogP contribution in [0, 0.1) is 6.92 Å². The van der Waals surface area contributed by atoms with Gasteiger partial charge in [-0.05, 0) is 32.6 Å². The zero-order chi connectivity index (χ0) is 13.0. The minimum atomic E-state index is -0.957. The van der Waals surface area contributed by atoms with Crippen LogP contribution < -0.4 is 5.32 Å². The molecule has 0 saturated heterocycles. The molecule has 0 aliphatic carbocycles. The van der Waals surface area contributed by atoms with Gasteiger partial charge < -0.3 is 15.3 Å². The van der Waals surface area contributed by atoms with Gasteiger partial charge in [0.1, 0.15) is 4.88 Å². The summed E-state index contributed by atoms with van der Waals surface area (Å²) in [5.41, 5.74) is 0.672. The lowest BCUT2D eigenvalue weighted by molar-refractivity contribution is -0.116. The first-order valence-corrected chi connectivity index (χ1v) is 6.00. The Balaban J connectivity index is 2.60. The molecule has 1 aromatic rings. The van der Waals surface area contributed by atoms with Crippen LogP contribution in [0.5, 0.6) is 0 Å². The molecule has 5 nitrogen and oxygen atoms in total. The second-order valence-corrected chi connectivity index (χ2v) is 5.08. The lowest BCUT2D eigenvalue weighted by atomic mass is 10.3. The number of hydrogen-bond donors (Lipinski definition) is 2. The highest BCUT2D eigenvalue weighted by Crippen LogP contribution is 2.26. The molecule has 6 heteroatoms. The van der Waals surface area contributed by atoms with Gasteiger partial charge in [0, 0.05) is 13.0 Å².